The molecule has 1 N–H and O–H groups in total. The van der Waals surface area contributed by atoms with E-state index in [1.165, 1.54) is 0 Å². The molecule has 2 amide bonds. The summed E-state index contributed by atoms with van der Waals surface area (Å²) in [7, 11) is 0. The lowest BCUT2D eigenvalue weighted by Gasteiger charge is -2.35. The molecular formula is C26H29N5O5. The van der Waals surface area contributed by atoms with Crippen LogP contribution in [0.1, 0.15) is 13.8 Å². The molecule has 188 valence electrons. The number of rotatable bonds is 7. The quantitative estimate of drug-likeness (QED) is 0.529. The molecule has 0 saturated carbocycles. The minimum atomic E-state index is -0.148. The number of hydrogen-bond acceptors (Lipinski definition) is 8. The first-order valence-corrected chi connectivity index (χ1v) is 12.1. The SMILES string of the molecule is CCOc1ccc(NC(=O)N2CCN(c3ccc(-c4ccc5c(c4)OCO5)nn3)CC2)cc1OCC. The number of urea groups is 1. The minimum absolute atomic E-state index is 0.148. The number of benzene rings is 2. The summed E-state index contributed by atoms with van der Waals surface area (Å²) in [6, 6.07) is 14.9. The molecule has 10 nitrogen and oxygen atoms in total. The lowest BCUT2D eigenvalue weighted by molar-refractivity contribution is 0.174. The lowest BCUT2D eigenvalue weighted by Crippen LogP contribution is -2.50. The number of nitrogens with one attached hydrogen (secondary N) is 1. The number of anilines is 2. The van der Waals surface area contributed by atoms with Crippen molar-refractivity contribution in [2.24, 2.45) is 0 Å². The molecule has 1 saturated heterocycles. The van der Waals surface area contributed by atoms with E-state index in [1.54, 1.807) is 11.0 Å². The van der Waals surface area contributed by atoms with Crippen molar-refractivity contribution in [3.05, 3.63) is 48.5 Å². The van der Waals surface area contributed by atoms with Crippen LogP contribution in [0.2, 0.25) is 0 Å². The third-order valence-corrected chi connectivity index (χ3v) is 6.00. The van der Waals surface area contributed by atoms with Crippen molar-refractivity contribution in [3.63, 3.8) is 0 Å². The zero-order chi connectivity index (χ0) is 24.9. The van der Waals surface area contributed by atoms with Gasteiger partial charge in [-0.2, -0.15) is 0 Å². The first kappa shape index (κ1) is 23.5. The van der Waals surface area contributed by atoms with Crippen LogP contribution >= 0.6 is 0 Å². The van der Waals surface area contributed by atoms with E-state index in [0.29, 0.717) is 62.3 Å². The zero-order valence-corrected chi connectivity index (χ0v) is 20.4. The number of piperazine rings is 1. The molecule has 3 aromatic rings. The summed E-state index contributed by atoms with van der Waals surface area (Å²) in [5.41, 5.74) is 2.35. The van der Waals surface area contributed by atoms with E-state index in [0.717, 1.165) is 22.8 Å². The number of carbonyl (C=O) groups excluding carboxylic acids is 1. The molecule has 0 spiro atoms. The van der Waals surface area contributed by atoms with Gasteiger partial charge in [-0.1, -0.05) is 0 Å². The molecule has 10 heteroatoms. The van der Waals surface area contributed by atoms with Gasteiger partial charge in [0.1, 0.15) is 0 Å². The average molecular weight is 492 g/mol. The molecule has 0 bridgehead atoms. The predicted molar refractivity (Wildman–Crippen MR) is 135 cm³/mol. The monoisotopic (exact) mass is 491 g/mol. The maximum atomic E-state index is 12.8. The van der Waals surface area contributed by atoms with Gasteiger partial charge < -0.3 is 34.1 Å². The highest BCUT2D eigenvalue weighted by atomic mass is 16.7. The van der Waals surface area contributed by atoms with Crippen LogP contribution in [0, 0.1) is 0 Å². The Morgan fingerprint density at radius 1 is 0.889 bits per heavy atom. The molecule has 2 aliphatic rings. The van der Waals surface area contributed by atoms with Crippen LogP contribution in [0.15, 0.2) is 48.5 Å². The summed E-state index contributed by atoms with van der Waals surface area (Å²) in [5, 5.41) is 11.8. The van der Waals surface area contributed by atoms with Crippen molar-refractivity contribution in [1.29, 1.82) is 0 Å². The van der Waals surface area contributed by atoms with Gasteiger partial charge in [0.15, 0.2) is 28.8 Å². The molecule has 0 radical (unpaired) electrons. The van der Waals surface area contributed by atoms with Gasteiger partial charge in [0.2, 0.25) is 6.79 Å². The fourth-order valence-electron chi connectivity index (χ4n) is 4.17. The second-order valence-corrected chi connectivity index (χ2v) is 8.28. The number of nitrogens with zero attached hydrogens (tertiary/aromatic N) is 4. The van der Waals surface area contributed by atoms with Crippen molar-refractivity contribution in [1.82, 2.24) is 15.1 Å². The Labute approximate surface area is 209 Å². The van der Waals surface area contributed by atoms with Gasteiger partial charge >= 0.3 is 6.03 Å². The molecule has 2 aromatic carbocycles. The Kier molecular flexibility index (Phi) is 6.92. The van der Waals surface area contributed by atoms with Gasteiger partial charge in [-0.3, -0.25) is 0 Å². The zero-order valence-electron chi connectivity index (χ0n) is 20.4. The second kappa shape index (κ2) is 10.6. The third kappa shape index (κ3) is 5.07. The van der Waals surface area contributed by atoms with Crippen LogP contribution in [0.3, 0.4) is 0 Å². The maximum absolute atomic E-state index is 12.8. The third-order valence-electron chi connectivity index (χ3n) is 6.00. The topological polar surface area (TPSA) is 98.3 Å². The lowest BCUT2D eigenvalue weighted by atomic mass is 10.1. The van der Waals surface area contributed by atoms with Crippen LogP contribution < -0.4 is 29.2 Å². The van der Waals surface area contributed by atoms with Crippen LogP contribution in [0.5, 0.6) is 23.0 Å². The molecule has 36 heavy (non-hydrogen) atoms. The first-order chi connectivity index (χ1) is 17.6. The number of ether oxygens (including phenoxy) is 4. The molecule has 0 atom stereocenters. The average Bonchev–Trinajstić information content (AvgIpc) is 3.39. The normalized spacial score (nSPS) is 14.5. The van der Waals surface area contributed by atoms with Gasteiger partial charge in [-0.25, -0.2) is 4.79 Å². The number of aromatic nitrogens is 2. The van der Waals surface area contributed by atoms with Crippen molar-refractivity contribution >= 4 is 17.5 Å². The highest BCUT2D eigenvalue weighted by Crippen LogP contribution is 2.35. The molecular weight excluding hydrogens is 462 g/mol. The Morgan fingerprint density at radius 2 is 1.67 bits per heavy atom. The molecule has 0 aliphatic carbocycles. The molecule has 2 aliphatic heterocycles. The standard InChI is InChI=1S/C26H29N5O5/c1-3-33-21-9-6-19(16-24(21)34-4-2)27-26(32)31-13-11-30(12-14-31)25-10-7-20(28-29-25)18-5-8-22-23(15-18)36-17-35-22/h5-10,15-16H,3-4,11-14,17H2,1-2H3,(H,27,32). The summed E-state index contributed by atoms with van der Waals surface area (Å²) < 4.78 is 22.1. The Balaban J connectivity index is 1.17. The van der Waals surface area contributed by atoms with Crippen molar-refractivity contribution in [3.8, 4) is 34.3 Å². The van der Waals surface area contributed by atoms with E-state index in [9.17, 15) is 4.79 Å². The summed E-state index contributed by atoms with van der Waals surface area (Å²) >= 11 is 0. The van der Waals surface area contributed by atoms with Crippen molar-refractivity contribution < 1.29 is 23.7 Å². The minimum Gasteiger partial charge on any atom is -0.490 e. The van der Waals surface area contributed by atoms with E-state index >= 15 is 0 Å². The number of fused-ring (bicyclic) bond motifs is 1. The van der Waals surface area contributed by atoms with E-state index < -0.39 is 0 Å². The molecule has 1 fully saturated rings. The van der Waals surface area contributed by atoms with Gasteiger partial charge in [-0.05, 0) is 56.3 Å². The molecule has 5 rings (SSSR count). The van der Waals surface area contributed by atoms with Crippen molar-refractivity contribution in [2.45, 2.75) is 13.8 Å². The highest BCUT2D eigenvalue weighted by molar-refractivity contribution is 5.90. The fourth-order valence-corrected chi connectivity index (χ4v) is 4.17. The van der Waals surface area contributed by atoms with Crippen LogP contribution in [0.4, 0.5) is 16.3 Å². The molecule has 3 heterocycles. The number of carbonyl (C=O) groups is 1. The Hall–Kier alpha value is -4.21. The first-order valence-electron chi connectivity index (χ1n) is 12.1. The fraction of sp³-hybridized carbons (Fsp3) is 0.346. The van der Waals surface area contributed by atoms with Crippen LogP contribution in [0.25, 0.3) is 11.3 Å². The predicted octanol–water partition coefficient (Wildman–Crippen LogP) is 4.02. The van der Waals surface area contributed by atoms with Crippen LogP contribution in [-0.2, 0) is 0 Å². The Bertz CT molecular complexity index is 1210. The summed E-state index contributed by atoms with van der Waals surface area (Å²) in [5.74, 6) is 3.52. The number of hydrogen-bond donors (Lipinski definition) is 1. The highest BCUT2D eigenvalue weighted by Gasteiger charge is 2.23. The number of amides is 2. The van der Waals surface area contributed by atoms with Crippen LogP contribution in [-0.4, -0.2) is 67.3 Å². The summed E-state index contributed by atoms with van der Waals surface area (Å²) in [6.45, 7) is 7.61. The second-order valence-electron chi connectivity index (χ2n) is 8.28. The molecule has 0 unspecified atom stereocenters. The van der Waals surface area contributed by atoms with Crippen molar-refractivity contribution in [2.75, 3.05) is 56.4 Å². The molecule has 1 aromatic heterocycles. The van der Waals surface area contributed by atoms with E-state index in [4.69, 9.17) is 18.9 Å². The Morgan fingerprint density at radius 3 is 2.42 bits per heavy atom. The van der Waals surface area contributed by atoms with E-state index in [2.05, 4.69) is 20.4 Å². The van der Waals surface area contributed by atoms with Gasteiger partial charge in [0.05, 0.1) is 18.9 Å². The van der Waals surface area contributed by atoms with E-state index in [-0.39, 0.29) is 12.8 Å². The van der Waals surface area contributed by atoms with Gasteiger partial charge in [-0.15, -0.1) is 10.2 Å². The largest absolute Gasteiger partial charge is 0.490 e. The van der Waals surface area contributed by atoms with Gasteiger partial charge in [0, 0.05) is 43.5 Å². The maximum Gasteiger partial charge on any atom is 0.321 e. The smallest absolute Gasteiger partial charge is 0.321 e. The van der Waals surface area contributed by atoms with E-state index in [1.807, 2.05) is 56.3 Å². The summed E-state index contributed by atoms with van der Waals surface area (Å²) in [4.78, 5) is 16.8. The summed E-state index contributed by atoms with van der Waals surface area (Å²) in [6.07, 6.45) is 0. The van der Waals surface area contributed by atoms with Gasteiger partial charge in [0.25, 0.3) is 0 Å².